The summed E-state index contributed by atoms with van der Waals surface area (Å²) in [6.45, 7) is 5.39. The van der Waals surface area contributed by atoms with Crippen molar-refractivity contribution in [3.05, 3.63) is 82.0 Å². The van der Waals surface area contributed by atoms with Crippen LogP contribution in [-0.2, 0) is 11.3 Å². The Morgan fingerprint density at radius 3 is 2.53 bits per heavy atom. The van der Waals surface area contributed by atoms with Crippen molar-refractivity contribution in [1.29, 1.82) is 0 Å². The van der Waals surface area contributed by atoms with Crippen LogP contribution in [0.2, 0.25) is 0 Å². The maximum atomic E-state index is 13.0. The van der Waals surface area contributed by atoms with Crippen LogP contribution in [0.15, 0.2) is 59.5 Å². The molecule has 2 aromatic heterocycles. The maximum Gasteiger partial charge on any atom is 0.264 e. The Labute approximate surface area is 184 Å². The number of aromatic nitrogens is 4. The largest absolute Gasteiger partial charge is 0.326 e. The highest BCUT2D eigenvalue weighted by molar-refractivity contribution is 5.97. The summed E-state index contributed by atoms with van der Waals surface area (Å²) in [5.41, 5.74) is 3.26. The van der Waals surface area contributed by atoms with Crippen molar-refractivity contribution in [3.8, 4) is 5.69 Å². The Kier molecular flexibility index (Phi) is 5.68. The first-order valence-electron chi connectivity index (χ1n) is 10.3. The van der Waals surface area contributed by atoms with E-state index in [1.807, 2.05) is 31.2 Å². The molecule has 0 unspecified atom stereocenters. The molecule has 8 heteroatoms. The van der Waals surface area contributed by atoms with Crippen LogP contribution >= 0.6 is 0 Å². The van der Waals surface area contributed by atoms with Gasteiger partial charge in [0.25, 0.3) is 5.56 Å². The average Bonchev–Trinajstić information content (AvgIpc) is 3.18. The fourth-order valence-electron chi connectivity index (χ4n) is 3.50. The van der Waals surface area contributed by atoms with E-state index in [9.17, 15) is 14.4 Å². The van der Waals surface area contributed by atoms with Crippen LogP contribution in [0.5, 0.6) is 0 Å². The highest BCUT2D eigenvalue weighted by Gasteiger charge is 2.15. The lowest BCUT2D eigenvalue weighted by Gasteiger charge is -2.11. The van der Waals surface area contributed by atoms with Crippen molar-refractivity contribution in [1.82, 2.24) is 19.3 Å². The van der Waals surface area contributed by atoms with Gasteiger partial charge in [-0.3, -0.25) is 19.0 Å². The summed E-state index contributed by atoms with van der Waals surface area (Å²) in [5.74, 6) is 0.170. The number of Topliss-reactive ketones (excluding diaryl/α,β-unsaturated/α-hetero) is 1. The van der Waals surface area contributed by atoms with Crippen LogP contribution in [-0.4, -0.2) is 31.0 Å². The third kappa shape index (κ3) is 4.20. The second-order valence-corrected chi connectivity index (χ2v) is 7.68. The number of nitrogens with one attached hydrogen (secondary N) is 1. The second kappa shape index (κ2) is 8.58. The third-order valence-corrected chi connectivity index (χ3v) is 5.27. The molecule has 0 aliphatic rings. The lowest BCUT2D eigenvalue weighted by atomic mass is 10.1. The lowest BCUT2D eigenvalue weighted by molar-refractivity contribution is -0.116. The van der Waals surface area contributed by atoms with E-state index in [-0.39, 0.29) is 30.2 Å². The summed E-state index contributed by atoms with van der Waals surface area (Å²) in [6.07, 6.45) is 1.60. The number of hydrogen-bond acceptors (Lipinski definition) is 5. The molecule has 0 saturated heterocycles. The van der Waals surface area contributed by atoms with Crippen LogP contribution in [0.4, 0.5) is 5.69 Å². The van der Waals surface area contributed by atoms with Gasteiger partial charge in [0.2, 0.25) is 5.91 Å². The quantitative estimate of drug-likeness (QED) is 0.474. The Morgan fingerprint density at radius 1 is 1.06 bits per heavy atom. The summed E-state index contributed by atoms with van der Waals surface area (Å²) < 4.78 is 3.12. The number of rotatable bonds is 6. The number of hydrogen-bond donors (Lipinski definition) is 1. The second-order valence-electron chi connectivity index (χ2n) is 7.68. The van der Waals surface area contributed by atoms with E-state index < -0.39 is 0 Å². The molecule has 2 heterocycles. The molecule has 0 spiro atoms. The predicted octanol–water partition coefficient (Wildman–Crippen LogP) is 3.43. The highest BCUT2D eigenvalue weighted by atomic mass is 16.2. The monoisotopic (exact) mass is 429 g/mol. The SMILES string of the molecule is CC(=O)c1cccc(NC(=O)CCn2c(C)nc3c(cnn3-c3ccc(C)cc3)c2=O)c1. The first-order valence-corrected chi connectivity index (χ1v) is 10.3. The van der Waals surface area contributed by atoms with Gasteiger partial charge in [0.1, 0.15) is 11.2 Å². The molecule has 8 nitrogen and oxygen atoms in total. The van der Waals surface area contributed by atoms with Crippen LogP contribution in [0, 0.1) is 13.8 Å². The molecule has 1 amide bonds. The Bertz CT molecular complexity index is 1380. The number of carbonyl (C=O) groups excluding carboxylic acids is 2. The van der Waals surface area contributed by atoms with Gasteiger partial charge in [0.15, 0.2) is 11.4 Å². The van der Waals surface area contributed by atoms with E-state index in [4.69, 9.17) is 0 Å². The van der Waals surface area contributed by atoms with Crippen LogP contribution in [0.25, 0.3) is 16.7 Å². The molecule has 0 atom stereocenters. The van der Waals surface area contributed by atoms with Gasteiger partial charge in [-0.25, -0.2) is 9.67 Å². The normalized spacial score (nSPS) is 11.0. The topological polar surface area (TPSA) is 98.9 Å². The van der Waals surface area contributed by atoms with Gasteiger partial charge in [0.05, 0.1) is 11.9 Å². The molecule has 0 radical (unpaired) electrons. The van der Waals surface area contributed by atoms with E-state index in [1.54, 1.807) is 35.9 Å². The van der Waals surface area contributed by atoms with Gasteiger partial charge in [0, 0.05) is 24.2 Å². The number of nitrogens with zero attached hydrogens (tertiary/aromatic N) is 4. The summed E-state index contributed by atoms with van der Waals surface area (Å²) >= 11 is 0. The molecule has 2 aromatic carbocycles. The molecule has 4 aromatic rings. The van der Waals surface area contributed by atoms with Gasteiger partial charge in [-0.1, -0.05) is 29.8 Å². The fourth-order valence-corrected chi connectivity index (χ4v) is 3.50. The Hall–Kier alpha value is -4.07. The standard InChI is InChI=1S/C24H23N5O3/c1-15-7-9-20(10-8-15)29-23-21(14-25-29)24(32)28(17(3)26-23)12-11-22(31)27-19-6-4-5-18(13-19)16(2)30/h4-10,13-14H,11-12H2,1-3H3,(H,27,31). The summed E-state index contributed by atoms with van der Waals surface area (Å²) in [6, 6.07) is 14.6. The first-order chi connectivity index (χ1) is 15.3. The minimum Gasteiger partial charge on any atom is -0.326 e. The molecule has 4 rings (SSSR count). The zero-order valence-corrected chi connectivity index (χ0v) is 18.1. The van der Waals surface area contributed by atoms with Crippen molar-refractivity contribution in [2.75, 3.05) is 5.32 Å². The number of aryl methyl sites for hydroxylation is 2. The summed E-state index contributed by atoms with van der Waals surface area (Å²) in [5, 5.41) is 7.51. The number of benzene rings is 2. The number of fused-ring (bicyclic) bond motifs is 1. The number of anilines is 1. The van der Waals surface area contributed by atoms with Gasteiger partial charge >= 0.3 is 0 Å². The molecule has 162 valence electrons. The molecule has 0 aliphatic heterocycles. The molecule has 1 N–H and O–H groups in total. The van der Waals surface area contributed by atoms with E-state index in [0.29, 0.717) is 28.1 Å². The summed E-state index contributed by atoms with van der Waals surface area (Å²) in [4.78, 5) is 41.6. The minimum absolute atomic E-state index is 0.0752. The smallest absolute Gasteiger partial charge is 0.264 e. The van der Waals surface area contributed by atoms with Crippen molar-refractivity contribution in [2.24, 2.45) is 0 Å². The Balaban J connectivity index is 1.54. The van der Waals surface area contributed by atoms with Gasteiger partial charge in [-0.05, 0) is 45.0 Å². The van der Waals surface area contributed by atoms with E-state index >= 15 is 0 Å². The molecular formula is C24H23N5O3. The molecule has 0 bridgehead atoms. The third-order valence-electron chi connectivity index (χ3n) is 5.27. The number of carbonyl (C=O) groups is 2. The van der Waals surface area contributed by atoms with Crippen LogP contribution < -0.4 is 10.9 Å². The molecule has 0 fully saturated rings. The predicted molar refractivity (Wildman–Crippen MR) is 122 cm³/mol. The zero-order valence-electron chi connectivity index (χ0n) is 18.1. The van der Waals surface area contributed by atoms with Gasteiger partial charge < -0.3 is 5.32 Å². The summed E-state index contributed by atoms with van der Waals surface area (Å²) in [7, 11) is 0. The van der Waals surface area contributed by atoms with Crippen LogP contribution in [0.1, 0.15) is 35.1 Å². The molecule has 0 aliphatic carbocycles. The molecular weight excluding hydrogens is 406 g/mol. The zero-order chi connectivity index (χ0) is 22.8. The average molecular weight is 429 g/mol. The van der Waals surface area contributed by atoms with Crippen molar-refractivity contribution < 1.29 is 9.59 Å². The first kappa shape index (κ1) is 21.2. The maximum absolute atomic E-state index is 13.0. The van der Waals surface area contributed by atoms with Gasteiger partial charge in [-0.2, -0.15) is 5.10 Å². The number of ketones is 1. The highest BCUT2D eigenvalue weighted by Crippen LogP contribution is 2.16. The van der Waals surface area contributed by atoms with Crippen LogP contribution in [0.3, 0.4) is 0 Å². The fraction of sp³-hybridized carbons (Fsp3) is 0.208. The number of amides is 1. The van der Waals surface area contributed by atoms with E-state index in [2.05, 4.69) is 15.4 Å². The molecule has 32 heavy (non-hydrogen) atoms. The van der Waals surface area contributed by atoms with Crippen molar-refractivity contribution in [3.63, 3.8) is 0 Å². The lowest BCUT2D eigenvalue weighted by Crippen LogP contribution is -2.26. The van der Waals surface area contributed by atoms with E-state index in [1.165, 1.54) is 17.7 Å². The molecule has 0 saturated carbocycles. The Morgan fingerprint density at radius 2 is 1.81 bits per heavy atom. The van der Waals surface area contributed by atoms with Crippen molar-refractivity contribution in [2.45, 2.75) is 33.7 Å². The van der Waals surface area contributed by atoms with E-state index in [0.717, 1.165) is 11.3 Å². The minimum atomic E-state index is -0.257. The van der Waals surface area contributed by atoms with Gasteiger partial charge in [-0.15, -0.1) is 0 Å². The van der Waals surface area contributed by atoms with Crippen molar-refractivity contribution >= 4 is 28.4 Å².